The maximum Gasteiger partial charge on any atom is 0.300 e. The van der Waals surface area contributed by atoms with Crippen molar-refractivity contribution in [2.75, 3.05) is 11.9 Å². The summed E-state index contributed by atoms with van der Waals surface area (Å²) in [6.07, 6.45) is 16.2. The Morgan fingerprint density at radius 2 is 1.40 bits per heavy atom. The first-order valence-corrected chi connectivity index (χ1v) is 19.0. The Kier molecular flexibility index (Phi) is 19.1. The molecule has 3 amide bonds. The van der Waals surface area contributed by atoms with Gasteiger partial charge in [-0.25, -0.2) is 4.63 Å². The lowest BCUT2D eigenvalue weighted by atomic mass is 10.0. The van der Waals surface area contributed by atoms with E-state index in [2.05, 4.69) is 38.5 Å². The summed E-state index contributed by atoms with van der Waals surface area (Å²) >= 11 is 0. The van der Waals surface area contributed by atoms with Crippen LogP contribution >= 0.6 is 0 Å². The van der Waals surface area contributed by atoms with E-state index < -0.39 is 35.0 Å². The Bertz CT molecular complexity index is 1520. The molecule has 52 heavy (non-hydrogen) atoms. The molecule has 3 rings (SSSR count). The standard InChI is InChI=1S/C38H57N7O7/c1-3-4-5-6-7-8-9-10-11-12-13-14-18-24-33(46)39-27-20-19-23-31(41-30-25-26-32(45(50)51)35-34(30)43-52-44-35)36(47)42-38(49)37(48)40-28(2)29-21-16-15-17-22-29/h15-17,21-22,25-26,28,31,38,41,49H,3-14,18-20,23-24,27H2,1-2H3,(H,39,46)(H,40,48)(H,42,47). The molecule has 3 aromatic rings. The van der Waals surface area contributed by atoms with E-state index in [-0.39, 0.29) is 34.7 Å². The van der Waals surface area contributed by atoms with Gasteiger partial charge >= 0.3 is 5.69 Å². The summed E-state index contributed by atoms with van der Waals surface area (Å²) in [4.78, 5) is 49.3. The van der Waals surface area contributed by atoms with Crippen molar-refractivity contribution in [3.05, 3.63) is 58.1 Å². The Morgan fingerprint density at radius 1 is 0.788 bits per heavy atom. The topological polar surface area (TPSA) is 202 Å². The van der Waals surface area contributed by atoms with Crippen LogP contribution in [0.1, 0.15) is 135 Å². The summed E-state index contributed by atoms with van der Waals surface area (Å²) in [5.74, 6) is -1.46. The quantitative estimate of drug-likeness (QED) is 0.0236. The number of nitro groups is 1. The SMILES string of the molecule is CCCCCCCCCCCCCCCC(=O)NCCCCC(Nc1ccc([N+](=O)[O-])c2nonc12)C(=O)NC(O)C(=O)NC(C)c1ccccc1. The summed E-state index contributed by atoms with van der Waals surface area (Å²) in [5.41, 5.74) is 0.743. The van der Waals surface area contributed by atoms with Gasteiger partial charge in [-0.15, -0.1) is 0 Å². The minimum atomic E-state index is -1.84. The number of nitrogens with zero attached hydrogens (tertiary/aromatic N) is 3. The summed E-state index contributed by atoms with van der Waals surface area (Å²) in [5, 5.41) is 40.4. The zero-order valence-electron chi connectivity index (χ0n) is 30.7. The molecule has 0 saturated heterocycles. The number of nitro benzene ring substituents is 1. The van der Waals surface area contributed by atoms with E-state index >= 15 is 0 Å². The van der Waals surface area contributed by atoms with Crippen molar-refractivity contribution in [3.63, 3.8) is 0 Å². The number of hydrogen-bond acceptors (Lipinski definition) is 10. The van der Waals surface area contributed by atoms with Crippen molar-refractivity contribution >= 4 is 40.1 Å². The number of anilines is 1. The van der Waals surface area contributed by atoms with Gasteiger partial charge in [-0.05, 0) is 54.6 Å². The van der Waals surface area contributed by atoms with Gasteiger partial charge in [0.25, 0.3) is 5.91 Å². The first-order valence-electron chi connectivity index (χ1n) is 19.0. The van der Waals surface area contributed by atoms with Crippen molar-refractivity contribution in [2.45, 2.75) is 141 Å². The van der Waals surface area contributed by atoms with Gasteiger partial charge in [0.15, 0.2) is 5.52 Å². The predicted octanol–water partition coefficient (Wildman–Crippen LogP) is 6.99. The number of aliphatic hydroxyl groups is 1. The smallest absolute Gasteiger partial charge is 0.300 e. The molecular formula is C38H57N7O7. The van der Waals surface area contributed by atoms with Gasteiger partial charge in [-0.3, -0.25) is 24.5 Å². The van der Waals surface area contributed by atoms with Crippen LogP contribution < -0.4 is 21.3 Å². The van der Waals surface area contributed by atoms with Crippen molar-refractivity contribution < 1.29 is 29.0 Å². The van der Waals surface area contributed by atoms with Crippen LogP contribution in [-0.4, -0.2) is 56.9 Å². The number of unbranched alkanes of at least 4 members (excludes halogenated alkanes) is 13. The maximum atomic E-state index is 13.4. The minimum absolute atomic E-state index is 0.00108. The second kappa shape index (κ2) is 23.8. The van der Waals surface area contributed by atoms with Crippen molar-refractivity contribution in [1.29, 1.82) is 0 Å². The highest BCUT2D eigenvalue weighted by Crippen LogP contribution is 2.29. The number of fused-ring (bicyclic) bond motifs is 1. The van der Waals surface area contributed by atoms with Gasteiger partial charge in [0, 0.05) is 19.0 Å². The average molecular weight is 724 g/mol. The molecule has 0 radical (unpaired) electrons. The van der Waals surface area contributed by atoms with Crippen LogP contribution in [0.25, 0.3) is 11.0 Å². The second-order valence-electron chi connectivity index (χ2n) is 13.4. The highest BCUT2D eigenvalue weighted by atomic mass is 16.6. The number of carbonyl (C=O) groups is 3. The fraction of sp³-hybridized carbons (Fsp3) is 0.605. The van der Waals surface area contributed by atoms with E-state index in [1.54, 1.807) is 6.92 Å². The molecule has 0 bridgehead atoms. The molecule has 3 atom stereocenters. The first-order chi connectivity index (χ1) is 25.2. The Hall–Kier alpha value is -4.59. The van der Waals surface area contributed by atoms with E-state index in [0.717, 1.165) is 24.8 Å². The van der Waals surface area contributed by atoms with Gasteiger partial charge in [-0.2, -0.15) is 0 Å². The number of benzene rings is 2. The Labute approximate surface area is 306 Å². The Balaban J connectivity index is 1.43. The van der Waals surface area contributed by atoms with Gasteiger partial charge in [0.05, 0.1) is 16.7 Å². The van der Waals surface area contributed by atoms with E-state index in [4.69, 9.17) is 4.63 Å². The molecule has 2 aromatic carbocycles. The predicted molar refractivity (Wildman–Crippen MR) is 200 cm³/mol. The average Bonchev–Trinajstić information content (AvgIpc) is 3.63. The zero-order chi connectivity index (χ0) is 37.6. The molecule has 0 aliphatic rings. The molecule has 0 aliphatic carbocycles. The number of nitrogens with one attached hydrogen (secondary N) is 4. The van der Waals surface area contributed by atoms with Gasteiger partial charge < -0.3 is 26.4 Å². The molecule has 0 spiro atoms. The fourth-order valence-electron chi connectivity index (χ4n) is 6.09. The highest BCUT2D eigenvalue weighted by molar-refractivity contribution is 5.96. The third-order valence-electron chi connectivity index (χ3n) is 9.17. The second-order valence-corrected chi connectivity index (χ2v) is 13.4. The van der Waals surface area contributed by atoms with Crippen LogP contribution in [0.2, 0.25) is 0 Å². The summed E-state index contributed by atoms with van der Waals surface area (Å²) in [6, 6.07) is 10.4. The molecule has 14 heteroatoms. The fourth-order valence-corrected chi connectivity index (χ4v) is 6.09. The molecule has 0 aliphatic heterocycles. The first kappa shape index (κ1) is 41.8. The van der Waals surface area contributed by atoms with Crippen molar-refractivity contribution in [2.24, 2.45) is 0 Å². The van der Waals surface area contributed by atoms with E-state index in [1.165, 1.54) is 76.3 Å². The number of non-ortho nitro benzene ring substituents is 1. The number of rotatable bonds is 27. The minimum Gasteiger partial charge on any atom is -0.372 e. The van der Waals surface area contributed by atoms with Gasteiger partial charge in [0.2, 0.25) is 23.6 Å². The molecule has 3 unspecified atom stereocenters. The summed E-state index contributed by atoms with van der Waals surface area (Å²) in [6.45, 7) is 4.44. The molecule has 14 nitrogen and oxygen atoms in total. The summed E-state index contributed by atoms with van der Waals surface area (Å²) in [7, 11) is 0. The highest BCUT2D eigenvalue weighted by Gasteiger charge is 2.27. The lowest BCUT2D eigenvalue weighted by Crippen LogP contribution is -2.51. The van der Waals surface area contributed by atoms with Gasteiger partial charge in [-0.1, -0.05) is 114 Å². The lowest BCUT2D eigenvalue weighted by molar-refractivity contribution is -0.383. The molecular weight excluding hydrogens is 666 g/mol. The Morgan fingerprint density at radius 3 is 2.04 bits per heavy atom. The van der Waals surface area contributed by atoms with Crippen LogP contribution in [-0.2, 0) is 14.4 Å². The van der Waals surface area contributed by atoms with Crippen molar-refractivity contribution in [3.8, 4) is 0 Å². The summed E-state index contributed by atoms with van der Waals surface area (Å²) < 4.78 is 4.74. The lowest BCUT2D eigenvalue weighted by Gasteiger charge is -2.22. The number of hydrogen-bond donors (Lipinski definition) is 5. The zero-order valence-corrected chi connectivity index (χ0v) is 30.7. The molecule has 1 heterocycles. The third kappa shape index (κ3) is 14.9. The number of aliphatic hydroxyl groups excluding tert-OH is 1. The number of aromatic nitrogens is 2. The van der Waals surface area contributed by atoms with E-state index in [9.17, 15) is 29.6 Å². The molecule has 5 N–H and O–H groups in total. The van der Waals surface area contributed by atoms with Crippen LogP contribution in [0.4, 0.5) is 11.4 Å². The van der Waals surface area contributed by atoms with Crippen molar-refractivity contribution in [1.82, 2.24) is 26.3 Å². The normalized spacial score (nSPS) is 12.9. The van der Waals surface area contributed by atoms with E-state index in [0.29, 0.717) is 25.8 Å². The van der Waals surface area contributed by atoms with Crippen LogP contribution in [0.15, 0.2) is 47.1 Å². The number of carbonyl (C=O) groups excluding carboxylic acids is 3. The number of amides is 3. The largest absolute Gasteiger partial charge is 0.372 e. The molecule has 0 fully saturated rings. The van der Waals surface area contributed by atoms with Gasteiger partial charge in [0.1, 0.15) is 6.04 Å². The van der Waals surface area contributed by atoms with Crippen LogP contribution in [0.5, 0.6) is 0 Å². The van der Waals surface area contributed by atoms with Crippen LogP contribution in [0, 0.1) is 10.1 Å². The third-order valence-corrected chi connectivity index (χ3v) is 9.17. The molecule has 0 saturated carbocycles. The van der Waals surface area contributed by atoms with Crippen LogP contribution in [0.3, 0.4) is 0 Å². The maximum absolute atomic E-state index is 13.4. The molecule has 1 aromatic heterocycles. The monoisotopic (exact) mass is 723 g/mol. The van der Waals surface area contributed by atoms with E-state index in [1.807, 2.05) is 30.3 Å². The molecule has 286 valence electrons.